The van der Waals surface area contributed by atoms with Crippen LogP contribution in [0.4, 0.5) is 0 Å². The third-order valence-corrected chi connectivity index (χ3v) is 5.68. The fraction of sp³-hybridized carbons (Fsp3) is 0.118. The van der Waals surface area contributed by atoms with Crippen molar-refractivity contribution in [3.05, 3.63) is 58.9 Å². The van der Waals surface area contributed by atoms with Crippen LogP contribution in [-0.2, 0) is 11.8 Å². The molecule has 0 aliphatic rings. The Hall–Kier alpha value is -2.58. The van der Waals surface area contributed by atoms with Crippen molar-refractivity contribution in [2.75, 3.05) is 5.75 Å². The first-order chi connectivity index (χ1) is 12.1. The number of aryl methyl sites for hydroxylation is 1. The van der Waals surface area contributed by atoms with Crippen LogP contribution in [0.3, 0.4) is 0 Å². The summed E-state index contributed by atoms with van der Waals surface area (Å²) in [5, 5.41) is 4.24. The lowest BCUT2D eigenvalue weighted by atomic mass is 10.2. The molecule has 0 unspecified atom stereocenters. The average Bonchev–Trinajstić information content (AvgIpc) is 2.94. The molecule has 0 saturated heterocycles. The highest BCUT2D eigenvalue weighted by atomic mass is 32.2. The zero-order chi connectivity index (χ0) is 17.8. The summed E-state index contributed by atoms with van der Waals surface area (Å²) in [6, 6.07) is 15.0. The second-order valence-electron chi connectivity index (χ2n) is 5.22. The summed E-state index contributed by atoms with van der Waals surface area (Å²) >= 11 is 2.73. The number of fused-ring (bicyclic) bond motifs is 1. The van der Waals surface area contributed by atoms with Crippen LogP contribution < -0.4 is 16.0 Å². The Balaban J connectivity index is 1.85. The smallest absolute Gasteiger partial charge is 0.272 e. The van der Waals surface area contributed by atoms with Crippen LogP contribution in [0.15, 0.2) is 58.5 Å². The topological polar surface area (TPSA) is 89.5 Å². The van der Waals surface area contributed by atoms with Gasteiger partial charge in [0.15, 0.2) is 0 Å². The molecule has 2 amide bonds. The van der Waals surface area contributed by atoms with Crippen LogP contribution in [-0.4, -0.2) is 22.1 Å². The third-order valence-electron chi connectivity index (χ3n) is 3.47. The molecule has 0 radical (unpaired) electrons. The number of aromatic nitrogens is 1. The van der Waals surface area contributed by atoms with Gasteiger partial charge in [-0.25, -0.2) is 5.43 Å². The fourth-order valence-electron chi connectivity index (χ4n) is 2.28. The second-order valence-corrected chi connectivity index (χ2v) is 7.24. The van der Waals surface area contributed by atoms with E-state index in [1.807, 2.05) is 41.9 Å². The van der Waals surface area contributed by atoms with Gasteiger partial charge >= 0.3 is 0 Å². The average molecular weight is 372 g/mol. The molecule has 3 N–H and O–H groups in total. The van der Waals surface area contributed by atoms with Crippen molar-refractivity contribution in [3.63, 3.8) is 0 Å². The maximum Gasteiger partial charge on any atom is 0.272 e. The number of rotatable bonds is 5. The maximum absolute atomic E-state index is 12.5. The quantitative estimate of drug-likeness (QED) is 0.531. The minimum atomic E-state index is -0.429. The Morgan fingerprint density at radius 3 is 2.68 bits per heavy atom. The molecular weight excluding hydrogens is 356 g/mol. The van der Waals surface area contributed by atoms with Crippen LogP contribution in [0.2, 0.25) is 0 Å². The molecule has 1 aromatic heterocycles. The van der Waals surface area contributed by atoms with E-state index in [2.05, 4.69) is 10.5 Å². The summed E-state index contributed by atoms with van der Waals surface area (Å²) in [4.78, 5) is 24.8. The van der Waals surface area contributed by atoms with Crippen molar-refractivity contribution in [1.82, 2.24) is 9.99 Å². The van der Waals surface area contributed by atoms with Crippen molar-refractivity contribution < 1.29 is 9.59 Å². The van der Waals surface area contributed by atoms with Gasteiger partial charge in [-0.3, -0.25) is 9.59 Å². The van der Waals surface area contributed by atoms with Gasteiger partial charge in [-0.1, -0.05) is 35.6 Å². The highest BCUT2D eigenvalue weighted by Gasteiger charge is 2.12. The number of nitrogens with two attached hydrogens (primary N) is 1. The Kier molecular flexibility index (Phi) is 5.20. The monoisotopic (exact) mass is 372 g/mol. The summed E-state index contributed by atoms with van der Waals surface area (Å²) in [5.74, 6) is -0.639. The molecule has 0 bridgehead atoms. The van der Waals surface area contributed by atoms with E-state index >= 15 is 0 Å². The standard InChI is InChI=1S/C17H16N4O2S2/c1-21-12-7-3-5-9-14(12)25-17(21)20-19-16(23)11-6-2-4-8-13(11)24-10-15(18)22/h2-9H,10H2,1H3,(H2,18,22)(H,19,23)/b20-17+. The first-order valence-electron chi connectivity index (χ1n) is 7.45. The van der Waals surface area contributed by atoms with Crippen LogP contribution >= 0.6 is 23.1 Å². The highest BCUT2D eigenvalue weighted by Crippen LogP contribution is 2.22. The Morgan fingerprint density at radius 2 is 1.92 bits per heavy atom. The molecule has 3 rings (SSSR count). The summed E-state index contributed by atoms with van der Waals surface area (Å²) in [7, 11) is 1.90. The number of hydrogen-bond donors (Lipinski definition) is 2. The van der Waals surface area contributed by atoms with Gasteiger partial charge in [0.1, 0.15) is 0 Å². The maximum atomic E-state index is 12.5. The predicted molar refractivity (Wildman–Crippen MR) is 100 cm³/mol. The molecule has 25 heavy (non-hydrogen) atoms. The van der Waals surface area contributed by atoms with E-state index < -0.39 is 5.91 Å². The number of thiazole rings is 1. The second kappa shape index (κ2) is 7.54. The van der Waals surface area contributed by atoms with E-state index in [9.17, 15) is 9.59 Å². The number of carbonyl (C=O) groups is 2. The van der Waals surface area contributed by atoms with Gasteiger partial charge < -0.3 is 10.3 Å². The van der Waals surface area contributed by atoms with Crippen LogP contribution in [0, 0.1) is 0 Å². The molecule has 0 spiro atoms. The molecule has 1 heterocycles. The van der Waals surface area contributed by atoms with E-state index in [0.29, 0.717) is 15.3 Å². The molecule has 2 aromatic carbocycles. The lowest BCUT2D eigenvalue weighted by Gasteiger charge is -2.06. The van der Waals surface area contributed by atoms with E-state index in [-0.39, 0.29) is 11.7 Å². The van der Waals surface area contributed by atoms with Crippen LogP contribution in [0.1, 0.15) is 10.4 Å². The van der Waals surface area contributed by atoms with E-state index in [1.54, 1.807) is 18.2 Å². The number of hydrogen-bond acceptors (Lipinski definition) is 5. The van der Waals surface area contributed by atoms with Gasteiger partial charge in [0.2, 0.25) is 10.7 Å². The molecule has 0 aliphatic heterocycles. The number of carbonyl (C=O) groups excluding carboxylic acids is 2. The van der Waals surface area contributed by atoms with Crippen molar-refractivity contribution in [2.45, 2.75) is 4.90 Å². The SMILES string of the molecule is Cn1/c(=N\NC(=O)c2ccccc2SCC(N)=O)sc2ccccc21. The third kappa shape index (κ3) is 3.92. The number of para-hydroxylation sites is 1. The van der Waals surface area contributed by atoms with Gasteiger partial charge in [0, 0.05) is 11.9 Å². The lowest BCUT2D eigenvalue weighted by Crippen LogP contribution is -2.23. The van der Waals surface area contributed by atoms with Crippen molar-refractivity contribution in [2.24, 2.45) is 17.9 Å². The zero-order valence-electron chi connectivity index (χ0n) is 13.4. The van der Waals surface area contributed by atoms with Gasteiger partial charge in [0.25, 0.3) is 5.91 Å². The number of amides is 2. The van der Waals surface area contributed by atoms with Gasteiger partial charge in [0.05, 0.1) is 21.5 Å². The van der Waals surface area contributed by atoms with E-state index in [4.69, 9.17) is 5.73 Å². The molecule has 0 atom stereocenters. The van der Waals surface area contributed by atoms with Gasteiger partial charge in [-0.15, -0.1) is 16.9 Å². The summed E-state index contributed by atoms with van der Waals surface area (Å²) in [6.45, 7) is 0. The molecule has 3 aromatic rings. The predicted octanol–water partition coefficient (Wildman–Crippen LogP) is 2.06. The first-order valence-corrected chi connectivity index (χ1v) is 9.25. The summed E-state index contributed by atoms with van der Waals surface area (Å²) in [6.07, 6.45) is 0. The normalized spacial score (nSPS) is 11.6. The minimum absolute atomic E-state index is 0.118. The Bertz CT molecular complexity index is 1010. The number of nitrogens with zero attached hydrogens (tertiary/aromatic N) is 2. The highest BCUT2D eigenvalue weighted by molar-refractivity contribution is 8.00. The molecular formula is C17H16N4O2S2. The summed E-state index contributed by atoms with van der Waals surface area (Å²) in [5.41, 5.74) is 9.28. The van der Waals surface area contributed by atoms with Crippen molar-refractivity contribution in [1.29, 1.82) is 0 Å². The zero-order valence-corrected chi connectivity index (χ0v) is 15.1. The van der Waals surface area contributed by atoms with Gasteiger partial charge in [-0.05, 0) is 24.3 Å². The first kappa shape index (κ1) is 17.2. The molecule has 0 saturated carbocycles. The molecule has 128 valence electrons. The van der Waals surface area contributed by atoms with Gasteiger partial charge in [-0.2, -0.15) is 0 Å². The van der Waals surface area contributed by atoms with Crippen molar-refractivity contribution >= 4 is 45.1 Å². The summed E-state index contributed by atoms with van der Waals surface area (Å²) < 4.78 is 3.02. The minimum Gasteiger partial charge on any atom is -0.369 e. The van der Waals surface area contributed by atoms with Crippen LogP contribution in [0.25, 0.3) is 10.2 Å². The Morgan fingerprint density at radius 1 is 1.20 bits per heavy atom. The van der Waals surface area contributed by atoms with Crippen LogP contribution in [0.5, 0.6) is 0 Å². The van der Waals surface area contributed by atoms with Crippen molar-refractivity contribution in [3.8, 4) is 0 Å². The number of benzene rings is 2. The number of primary amides is 1. The molecule has 6 nitrogen and oxygen atoms in total. The molecule has 8 heteroatoms. The largest absolute Gasteiger partial charge is 0.369 e. The van der Waals surface area contributed by atoms with E-state index in [1.165, 1.54) is 23.1 Å². The number of thioether (sulfide) groups is 1. The van der Waals surface area contributed by atoms with E-state index in [0.717, 1.165) is 10.2 Å². The fourth-order valence-corrected chi connectivity index (χ4v) is 4.04. The Labute approximate surface area is 152 Å². The number of nitrogens with one attached hydrogen (secondary N) is 1. The molecule has 0 fully saturated rings. The lowest BCUT2D eigenvalue weighted by molar-refractivity contribution is -0.115. The molecule has 0 aliphatic carbocycles.